The molecule has 4 aliphatic rings. The minimum atomic E-state index is -0.403. The molecule has 3 unspecified atom stereocenters. The van der Waals surface area contributed by atoms with Crippen LogP contribution in [0.5, 0.6) is 0 Å². The van der Waals surface area contributed by atoms with Crippen molar-refractivity contribution in [2.45, 2.75) is 64.5 Å². The van der Waals surface area contributed by atoms with Gasteiger partial charge in [-0.25, -0.2) is 0 Å². The highest BCUT2D eigenvalue weighted by atomic mass is 16.6. The summed E-state index contributed by atoms with van der Waals surface area (Å²) in [5, 5.41) is 0. The minimum Gasteiger partial charge on any atom is -0.459 e. The van der Waals surface area contributed by atoms with E-state index in [1.807, 2.05) is 20.8 Å². The van der Waals surface area contributed by atoms with Gasteiger partial charge in [0.25, 0.3) is 0 Å². The summed E-state index contributed by atoms with van der Waals surface area (Å²) in [4.78, 5) is 12.6. The van der Waals surface area contributed by atoms with E-state index in [0.717, 1.165) is 24.7 Å². The fraction of sp³-hybridized carbons (Fsp3) is 0.933. The predicted molar refractivity (Wildman–Crippen MR) is 69.8 cm³/mol. The fourth-order valence-electron chi connectivity index (χ4n) is 4.76. The lowest BCUT2D eigenvalue weighted by molar-refractivity contribution is -0.185. The summed E-state index contributed by atoms with van der Waals surface area (Å²) in [5.41, 5.74) is 5.66. The molecule has 0 aromatic carbocycles. The van der Waals surface area contributed by atoms with E-state index in [-0.39, 0.29) is 17.4 Å². The normalized spacial score (nSPS) is 46.2. The van der Waals surface area contributed by atoms with E-state index in [4.69, 9.17) is 10.5 Å². The van der Waals surface area contributed by atoms with Crippen LogP contribution in [0, 0.1) is 23.2 Å². The molecule has 3 heteroatoms. The molecule has 4 aliphatic carbocycles. The quantitative estimate of drug-likeness (QED) is 0.728. The Labute approximate surface area is 109 Å². The first-order chi connectivity index (χ1) is 8.30. The van der Waals surface area contributed by atoms with Gasteiger partial charge in [0.15, 0.2) is 0 Å². The highest BCUT2D eigenvalue weighted by Gasteiger charge is 2.60. The van der Waals surface area contributed by atoms with E-state index >= 15 is 0 Å². The van der Waals surface area contributed by atoms with Gasteiger partial charge in [-0.15, -0.1) is 0 Å². The van der Waals surface area contributed by atoms with Crippen LogP contribution in [0.2, 0.25) is 0 Å². The molecule has 3 atom stereocenters. The first-order valence-electron chi connectivity index (χ1n) is 7.29. The van der Waals surface area contributed by atoms with E-state index in [2.05, 4.69) is 0 Å². The number of carbonyl (C=O) groups is 1. The van der Waals surface area contributed by atoms with Crippen molar-refractivity contribution in [3.05, 3.63) is 0 Å². The second-order valence-electron chi connectivity index (χ2n) is 7.79. The van der Waals surface area contributed by atoms with Gasteiger partial charge in [-0.2, -0.15) is 0 Å². The number of nitrogens with two attached hydrogens (primary N) is 1. The molecule has 0 aliphatic heterocycles. The predicted octanol–water partition coefficient (Wildman–Crippen LogP) is 2.48. The third-order valence-electron chi connectivity index (χ3n) is 5.20. The van der Waals surface area contributed by atoms with Crippen LogP contribution in [0.4, 0.5) is 0 Å². The number of carbonyl (C=O) groups excluding carboxylic acids is 1. The Balaban J connectivity index is 1.87. The Kier molecular flexibility index (Phi) is 2.58. The van der Waals surface area contributed by atoms with E-state index in [1.165, 1.54) is 19.3 Å². The van der Waals surface area contributed by atoms with Gasteiger partial charge in [-0.05, 0) is 70.6 Å². The molecular weight excluding hydrogens is 226 g/mol. The van der Waals surface area contributed by atoms with Crippen LogP contribution >= 0.6 is 0 Å². The Morgan fingerprint density at radius 1 is 1.17 bits per heavy atom. The number of rotatable bonds is 1. The molecule has 0 spiro atoms. The second-order valence-corrected chi connectivity index (χ2v) is 7.79. The zero-order chi connectivity index (χ0) is 13.1. The third kappa shape index (κ3) is 1.78. The van der Waals surface area contributed by atoms with Crippen molar-refractivity contribution in [2.24, 2.45) is 28.9 Å². The molecule has 0 saturated heterocycles. The molecule has 18 heavy (non-hydrogen) atoms. The number of hydrogen-bond donors (Lipinski definition) is 1. The zero-order valence-corrected chi connectivity index (χ0v) is 11.7. The molecule has 0 aromatic rings. The zero-order valence-electron chi connectivity index (χ0n) is 11.7. The molecule has 0 amide bonds. The average Bonchev–Trinajstić information content (AvgIpc) is 2.22. The van der Waals surface area contributed by atoms with Gasteiger partial charge in [0, 0.05) is 6.04 Å². The van der Waals surface area contributed by atoms with Crippen molar-refractivity contribution in [2.75, 3.05) is 0 Å². The molecule has 2 N–H and O–H groups in total. The Bertz CT molecular complexity index is 357. The molecule has 102 valence electrons. The largest absolute Gasteiger partial charge is 0.459 e. The summed E-state index contributed by atoms with van der Waals surface area (Å²) < 4.78 is 5.67. The maximum atomic E-state index is 12.6. The molecule has 4 fully saturated rings. The Hall–Kier alpha value is -0.570. The van der Waals surface area contributed by atoms with Crippen LogP contribution in [0.3, 0.4) is 0 Å². The first-order valence-corrected chi connectivity index (χ1v) is 7.29. The van der Waals surface area contributed by atoms with Crippen molar-refractivity contribution in [1.82, 2.24) is 0 Å². The molecular formula is C15H25NO2. The second kappa shape index (κ2) is 3.72. The maximum Gasteiger partial charge on any atom is 0.314 e. The summed E-state index contributed by atoms with van der Waals surface area (Å²) in [6.45, 7) is 5.82. The van der Waals surface area contributed by atoms with Crippen LogP contribution in [-0.2, 0) is 9.53 Å². The molecule has 4 bridgehead atoms. The van der Waals surface area contributed by atoms with E-state index in [1.54, 1.807) is 0 Å². The fourth-order valence-corrected chi connectivity index (χ4v) is 4.76. The van der Waals surface area contributed by atoms with Crippen LogP contribution < -0.4 is 5.73 Å². The highest BCUT2D eigenvalue weighted by Crippen LogP contribution is 2.60. The molecule has 4 rings (SSSR count). The van der Waals surface area contributed by atoms with Gasteiger partial charge in [-0.3, -0.25) is 4.79 Å². The van der Waals surface area contributed by atoms with Crippen molar-refractivity contribution < 1.29 is 9.53 Å². The van der Waals surface area contributed by atoms with Crippen LogP contribution in [0.15, 0.2) is 0 Å². The van der Waals surface area contributed by atoms with E-state index in [9.17, 15) is 4.79 Å². The average molecular weight is 251 g/mol. The summed E-state index contributed by atoms with van der Waals surface area (Å²) in [6, 6.07) is 0.0279. The minimum absolute atomic E-state index is 0.0263. The van der Waals surface area contributed by atoms with Crippen LogP contribution in [0.25, 0.3) is 0 Å². The maximum absolute atomic E-state index is 12.6. The van der Waals surface area contributed by atoms with Gasteiger partial charge in [-0.1, -0.05) is 0 Å². The summed E-state index contributed by atoms with van der Waals surface area (Å²) in [7, 11) is 0. The molecule has 0 heterocycles. The van der Waals surface area contributed by atoms with E-state index < -0.39 is 5.60 Å². The summed E-state index contributed by atoms with van der Waals surface area (Å²) >= 11 is 0. The molecule has 3 nitrogen and oxygen atoms in total. The monoisotopic (exact) mass is 251 g/mol. The van der Waals surface area contributed by atoms with Gasteiger partial charge in [0.1, 0.15) is 5.60 Å². The molecule has 4 saturated carbocycles. The SMILES string of the molecule is CC(C)(C)OC(=O)C12CC3CC(CC(C3)C1N)C2. The van der Waals surface area contributed by atoms with Gasteiger partial charge >= 0.3 is 5.97 Å². The van der Waals surface area contributed by atoms with Gasteiger partial charge < -0.3 is 10.5 Å². The number of hydrogen-bond acceptors (Lipinski definition) is 3. The third-order valence-corrected chi connectivity index (χ3v) is 5.20. The standard InChI is InChI=1S/C15H25NO2/c1-14(2,3)18-13(17)15-7-9-4-10(8-15)6-11(5-9)12(15)16/h9-12H,4-8,16H2,1-3H3. The van der Waals surface area contributed by atoms with Crippen LogP contribution in [0.1, 0.15) is 52.9 Å². The summed E-state index contributed by atoms with van der Waals surface area (Å²) in [5.74, 6) is 1.97. The van der Waals surface area contributed by atoms with Gasteiger partial charge in [0.2, 0.25) is 0 Å². The van der Waals surface area contributed by atoms with E-state index in [0.29, 0.717) is 5.92 Å². The van der Waals surface area contributed by atoms with Crippen LogP contribution in [-0.4, -0.2) is 17.6 Å². The molecule has 0 aromatic heterocycles. The number of ether oxygens (including phenoxy) is 1. The van der Waals surface area contributed by atoms with Crippen molar-refractivity contribution in [1.29, 1.82) is 0 Å². The molecule has 0 radical (unpaired) electrons. The highest BCUT2D eigenvalue weighted by molar-refractivity contribution is 5.79. The summed E-state index contributed by atoms with van der Waals surface area (Å²) in [6.07, 6.45) is 5.73. The van der Waals surface area contributed by atoms with Crippen molar-refractivity contribution in [3.8, 4) is 0 Å². The Morgan fingerprint density at radius 3 is 2.22 bits per heavy atom. The smallest absolute Gasteiger partial charge is 0.314 e. The lowest BCUT2D eigenvalue weighted by Gasteiger charge is -2.58. The topological polar surface area (TPSA) is 52.3 Å². The van der Waals surface area contributed by atoms with Gasteiger partial charge in [0.05, 0.1) is 5.41 Å². The Morgan fingerprint density at radius 2 is 1.72 bits per heavy atom. The van der Waals surface area contributed by atoms with Crippen molar-refractivity contribution in [3.63, 3.8) is 0 Å². The lowest BCUT2D eigenvalue weighted by atomic mass is 9.47. The van der Waals surface area contributed by atoms with Crippen molar-refractivity contribution >= 4 is 5.97 Å². The number of esters is 1. The lowest BCUT2D eigenvalue weighted by Crippen LogP contribution is -2.63. The first kappa shape index (κ1) is 12.5.